The number of unbranched alkanes of at least 4 members (excludes halogenated alkanes) is 6. The summed E-state index contributed by atoms with van der Waals surface area (Å²) >= 11 is 0. The number of ether oxygens (including phenoxy) is 1. The number of hydrogen-bond acceptors (Lipinski definition) is 8. The van der Waals surface area contributed by atoms with E-state index < -0.39 is 23.3 Å². The van der Waals surface area contributed by atoms with Crippen LogP contribution in [-0.4, -0.2) is 71.1 Å². The summed E-state index contributed by atoms with van der Waals surface area (Å²) in [6.07, 6.45) is 10.4. The molecule has 0 saturated heterocycles. The molecule has 0 atom stereocenters. The van der Waals surface area contributed by atoms with Gasteiger partial charge in [0, 0.05) is 67.3 Å². The molecule has 1 aliphatic heterocycles. The quantitative estimate of drug-likeness (QED) is 0.0490. The molecule has 0 aliphatic carbocycles. The van der Waals surface area contributed by atoms with Crippen molar-refractivity contribution >= 4 is 58.4 Å². The molecule has 1 amide bonds. The molecule has 4 rings (SSSR count). The number of fused-ring (bicyclic) bond motifs is 1. The lowest BCUT2D eigenvalue weighted by molar-refractivity contribution is -0.138. The number of carboxylic acids is 3. The van der Waals surface area contributed by atoms with Crippen molar-refractivity contribution in [3.05, 3.63) is 83.4 Å². The Balaban J connectivity index is 0.00000458. The number of aliphatic imine (C=N–C) groups is 1. The molecule has 59 heavy (non-hydrogen) atoms. The second-order valence-corrected chi connectivity index (χ2v) is 14.9. The summed E-state index contributed by atoms with van der Waals surface area (Å²) in [6, 6.07) is 19.3. The molecule has 320 valence electrons. The highest BCUT2D eigenvalue weighted by Gasteiger charge is 2.34. The number of aliphatic carboxylic acids is 3. The lowest BCUT2D eigenvalue weighted by Crippen LogP contribution is -2.26. The van der Waals surface area contributed by atoms with Crippen molar-refractivity contribution in [2.24, 2.45) is 4.99 Å². The number of carbonyl (C=O) groups excluding carboxylic acids is 1. The number of nitrogens with one attached hydrogen (secondary N) is 2. The van der Waals surface area contributed by atoms with Crippen LogP contribution in [0.15, 0.2) is 71.7 Å². The van der Waals surface area contributed by atoms with Crippen molar-refractivity contribution in [1.82, 2.24) is 0 Å². The maximum absolute atomic E-state index is 13.8. The number of carbonyl (C=O) groups is 4. The predicted molar refractivity (Wildman–Crippen MR) is 238 cm³/mol. The lowest BCUT2D eigenvalue weighted by atomic mass is 9.80. The largest absolute Gasteiger partial charge is 0.491 e. The first-order chi connectivity index (χ1) is 28.4. The van der Waals surface area contributed by atoms with Gasteiger partial charge in [-0.15, -0.1) is 0 Å². The Kier molecular flexibility index (Phi) is 20.2. The number of nitrogens with zero attached hydrogens (tertiary/aromatic N) is 2. The number of hydrogen-bond donors (Lipinski definition) is 5. The van der Waals surface area contributed by atoms with Crippen LogP contribution in [0.4, 0.5) is 22.7 Å². The molecular weight excluding hydrogens is 749 g/mol. The Labute approximate surface area is 349 Å². The standard InChI is InChI=1S/C45H58N4O8.C2H6/c1-4-46-34-21-17-32(18-22-34)19-26-40-45(2,3)36-30-33(20-24-37(36)48-40)44(56)47-35-23-25-38(39(31-35)57-29-13-7-10-16-43(54)55)49(27-11-5-8-14-41(50)51)28-12-6-9-15-42(52)53;1-2/h17-26,30-31,46H,4-16,27-29H2,1-3H3,(H,47,56)(H,50,51)(H,52,53)(H,54,55);1-2H3/b26-19+;. The van der Waals surface area contributed by atoms with Gasteiger partial charge >= 0.3 is 17.9 Å². The van der Waals surface area contributed by atoms with E-state index in [1.165, 1.54) is 0 Å². The molecule has 0 spiro atoms. The van der Waals surface area contributed by atoms with E-state index >= 15 is 0 Å². The normalized spacial score (nSPS) is 12.5. The summed E-state index contributed by atoms with van der Waals surface area (Å²) < 4.78 is 6.32. The topological polar surface area (TPSA) is 178 Å². The molecule has 1 aliphatic rings. The molecule has 0 unspecified atom stereocenters. The first-order valence-corrected chi connectivity index (χ1v) is 21.1. The minimum atomic E-state index is -0.831. The van der Waals surface area contributed by atoms with Crippen LogP contribution in [0.25, 0.3) is 6.08 Å². The fraction of sp³-hybridized carbons (Fsp3) is 0.468. The lowest BCUT2D eigenvalue weighted by Gasteiger charge is -2.28. The van der Waals surface area contributed by atoms with Gasteiger partial charge in [0.05, 0.1) is 23.7 Å². The molecule has 0 saturated carbocycles. The van der Waals surface area contributed by atoms with Gasteiger partial charge in [-0.25, -0.2) is 0 Å². The van der Waals surface area contributed by atoms with Gasteiger partial charge in [-0.05, 0) is 112 Å². The van der Waals surface area contributed by atoms with E-state index in [0.29, 0.717) is 68.8 Å². The zero-order valence-corrected chi connectivity index (χ0v) is 35.5. The molecule has 12 heteroatoms. The molecule has 0 fully saturated rings. The van der Waals surface area contributed by atoms with Gasteiger partial charge in [0.25, 0.3) is 5.91 Å². The number of allylic oxidation sites excluding steroid dienone is 1. The molecule has 0 bridgehead atoms. The summed E-state index contributed by atoms with van der Waals surface area (Å²) in [5.74, 6) is -2.18. The smallest absolute Gasteiger partial charge is 0.303 e. The third kappa shape index (κ3) is 15.9. The van der Waals surface area contributed by atoms with E-state index in [0.717, 1.165) is 66.1 Å². The van der Waals surface area contributed by atoms with Gasteiger partial charge in [0.1, 0.15) is 5.75 Å². The Morgan fingerprint density at radius 2 is 1.29 bits per heavy atom. The number of amides is 1. The molecule has 12 nitrogen and oxygen atoms in total. The van der Waals surface area contributed by atoms with Crippen LogP contribution in [-0.2, 0) is 19.8 Å². The van der Waals surface area contributed by atoms with E-state index in [2.05, 4.69) is 66.6 Å². The van der Waals surface area contributed by atoms with Crippen molar-refractivity contribution in [2.75, 3.05) is 41.8 Å². The second-order valence-electron chi connectivity index (χ2n) is 14.9. The summed E-state index contributed by atoms with van der Waals surface area (Å²) in [7, 11) is 0. The molecule has 3 aromatic carbocycles. The van der Waals surface area contributed by atoms with Crippen LogP contribution in [0.1, 0.15) is 133 Å². The third-order valence-corrected chi connectivity index (χ3v) is 10.0. The zero-order valence-electron chi connectivity index (χ0n) is 35.5. The van der Waals surface area contributed by atoms with Crippen LogP contribution in [0.2, 0.25) is 0 Å². The van der Waals surface area contributed by atoms with Crippen molar-refractivity contribution < 1.29 is 39.2 Å². The SMILES string of the molecule is CC.CCNc1ccc(/C=C/C2=Nc3ccc(C(=O)Nc4ccc(N(CCCCCC(=O)O)CCCCCC(=O)O)c(OCCCCCC(=O)O)c4)cc3C2(C)C)cc1. The summed E-state index contributed by atoms with van der Waals surface area (Å²) in [5.41, 5.74) is 6.26. The Morgan fingerprint density at radius 3 is 1.86 bits per heavy atom. The second kappa shape index (κ2) is 25.0. The number of anilines is 3. The van der Waals surface area contributed by atoms with Gasteiger partial charge < -0.3 is 35.6 Å². The molecule has 0 aromatic heterocycles. The fourth-order valence-corrected chi connectivity index (χ4v) is 6.79. The molecule has 5 N–H and O–H groups in total. The fourth-order valence-electron chi connectivity index (χ4n) is 6.79. The number of benzene rings is 3. The summed E-state index contributed by atoms with van der Waals surface area (Å²) in [4.78, 5) is 53.9. The van der Waals surface area contributed by atoms with Crippen molar-refractivity contribution in [2.45, 2.75) is 117 Å². The Hall–Kier alpha value is -5.65. The Bertz CT molecular complexity index is 1860. The van der Waals surface area contributed by atoms with Crippen molar-refractivity contribution in [3.8, 4) is 5.75 Å². The highest BCUT2D eigenvalue weighted by molar-refractivity contribution is 6.11. The molecule has 0 radical (unpaired) electrons. The maximum atomic E-state index is 13.8. The van der Waals surface area contributed by atoms with Crippen LogP contribution in [0, 0.1) is 0 Å². The van der Waals surface area contributed by atoms with Crippen LogP contribution < -0.4 is 20.3 Å². The zero-order chi connectivity index (χ0) is 43.2. The number of rotatable bonds is 26. The van der Waals surface area contributed by atoms with Gasteiger partial charge in [-0.3, -0.25) is 24.2 Å². The minimum Gasteiger partial charge on any atom is -0.491 e. The molecule has 3 aromatic rings. The monoisotopic (exact) mass is 812 g/mol. The van der Waals surface area contributed by atoms with E-state index in [9.17, 15) is 19.2 Å². The van der Waals surface area contributed by atoms with Gasteiger partial charge in [0.15, 0.2) is 0 Å². The van der Waals surface area contributed by atoms with E-state index in [1.54, 1.807) is 12.1 Å². The average Bonchev–Trinajstić information content (AvgIpc) is 3.46. The van der Waals surface area contributed by atoms with Crippen LogP contribution >= 0.6 is 0 Å². The highest BCUT2D eigenvalue weighted by Crippen LogP contribution is 2.41. The van der Waals surface area contributed by atoms with Crippen molar-refractivity contribution in [1.29, 1.82) is 0 Å². The first kappa shape index (κ1) is 47.7. The molecular formula is C47H64N4O8. The number of carboxylic acid groups (broad SMARTS) is 3. The van der Waals surface area contributed by atoms with Crippen molar-refractivity contribution in [3.63, 3.8) is 0 Å². The maximum Gasteiger partial charge on any atom is 0.303 e. The minimum absolute atomic E-state index is 0.0972. The summed E-state index contributed by atoms with van der Waals surface area (Å²) in [6.45, 7) is 12.8. The summed E-state index contributed by atoms with van der Waals surface area (Å²) in [5, 5.41) is 33.5. The van der Waals surface area contributed by atoms with Crippen LogP contribution in [0.3, 0.4) is 0 Å². The van der Waals surface area contributed by atoms with Gasteiger partial charge in [0.2, 0.25) is 0 Å². The molecule has 1 heterocycles. The van der Waals surface area contributed by atoms with Gasteiger partial charge in [-0.2, -0.15) is 0 Å². The Morgan fingerprint density at radius 1 is 0.712 bits per heavy atom. The average molecular weight is 813 g/mol. The first-order valence-electron chi connectivity index (χ1n) is 21.1. The third-order valence-electron chi connectivity index (χ3n) is 10.0. The predicted octanol–water partition coefficient (Wildman–Crippen LogP) is 10.6. The van der Waals surface area contributed by atoms with E-state index in [-0.39, 0.29) is 25.2 Å². The van der Waals surface area contributed by atoms with Crippen LogP contribution in [0.5, 0.6) is 5.75 Å². The highest BCUT2D eigenvalue weighted by atomic mass is 16.5. The van der Waals surface area contributed by atoms with E-state index in [4.69, 9.17) is 25.0 Å². The van der Waals surface area contributed by atoms with Gasteiger partial charge in [-0.1, -0.05) is 58.7 Å². The van der Waals surface area contributed by atoms with E-state index in [1.807, 2.05) is 44.2 Å².